The van der Waals surface area contributed by atoms with E-state index in [1.54, 1.807) is 0 Å². The lowest BCUT2D eigenvalue weighted by molar-refractivity contribution is -0.242. The topological polar surface area (TPSA) is 101 Å². The van der Waals surface area contributed by atoms with Crippen LogP contribution in [-0.2, 0) is 20.4 Å². The Kier molecular flexibility index (Phi) is 4.44. The standard InChI is InChI=1S/C16H12F3NO5S2/c1-15(23,16(17,18)19)14(22)20-9-3-2-4-10-11(9)12(21)13-8(5-6-26-13)7-27(10,24)25/h2-6,23H,7H2,1H3,(H,20,22). The molecular weight excluding hydrogens is 407 g/mol. The molecule has 0 spiro atoms. The normalized spacial score (nSPS) is 18.0. The molecule has 0 fully saturated rings. The van der Waals surface area contributed by atoms with Gasteiger partial charge < -0.3 is 10.4 Å². The molecule has 1 unspecified atom stereocenters. The molecule has 1 aromatic heterocycles. The van der Waals surface area contributed by atoms with E-state index in [0.717, 1.165) is 23.5 Å². The van der Waals surface area contributed by atoms with E-state index in [1.165, 1.54) is 17.5 Å². The fraction of sp³-hybridized carbons (Fsp3) is 0.250. The molecule has 1 aliphatic heterocycles. The zero-order chi connectivity index (χ0) is 20.2. The number of anilines is 1. The molecule has 2 N–H and O–H groups in total. The van der Waals surface area contributed by atoms with Crippen molar-refractivity contribution in [3.05, 3.63) is 45.6 Å². The summed E-state index contributed by atoms with van der Waals surface area (Å²) in [4.78, 5) is 24.6. The first-order valence-electron chi connectivity index (χ1n) is 7.43. The van der Waals surface area contributed by atoms with Gasteiger partial charge in [0.2, 0.25) is 11.4 Å². The molecule has 144 valence electrons. The van der Waals surface area contributed by atoms with Crippen molar-refractivity contribution in [1.82, 2.24) is 0 Å². The molecule has 1 aliphatic rings. The van der Waals surface area contributed by atoms with E-state index < -0.39 is 50.3 Å². The van der Waals surface area contributed by atoms with E-state index in [-0.39, 0.29) is 22.3 Å². The number of amides is 1. The summed E-state index contributed by atoms with van der Waals surface area (Å²) >= 11 is 0.992. The Morgan fingerprint density at radius 3 is 2.56 bits per heavy atom. The van der Waals surface area contributed by atoms with Gasteiger partial charge in [0, 0.05) is 0 Å². The van der Waals surface area contributed by atoms with Gasteiger partial charge in [-0.05, 0) is 36.1 Å². The Labute approximate surface area is 155 Å². The van der Waals surface area contributed by atoms with Crippen molar-refractivity contribution in [2.75, 3.05) is 5.32 Å². The third kappa shape index (κ3) is 3.15. The van der Waals surface area contributed by atoms with E-state index in [9.17, 15) is 36.3 Å². The van der Waals surface area contributed by atoms with Crippen LogP contribution < -0.4 is 5.32 Å². The molecule has 0 saturated heterocycles. The summed E-state index contributed by atoms with van der Waals surface area (Å²) in [6.45, 7) is 0.264. The number of fused-ring (bicyclic) bond motifs is 2. The number of nitrogens with one attached hydrogen (secondary N) is 1. The molecule has 1 amide bonds. The molecule has 6 nitrogen and oxygen atoms in total. The Morgan fingerprint density at radius 1 is 1.26 bits per heavy atom. The van der Waals surface area contributed by atoms with Gasteiger partial charge in [-0.3, -0.25) is 9.59 Å². The monoisotopic (exact) mass is 419 g/mol. The Bertz CT molecular complexity index is 1050. The van der Waals surface area contributed by atoms with Gasteiger partial charge in [-0.25, -0.2) is 8.42 Å². The van der Waals surface area contributed by atoms with Gasteiger partial charge in [0.15, 0.2) is 9.84 Å². The van der Waals surface area contributed by atoms with Crippen molar-refractivity contribution in [2.24, 2.45) is 0 Å². The molecule has 2 aromatic rings. The number of hydrogen-bond acceptors (Lipinski definition) is 6. The lowest BCUT2D eigenvalue weighted by atomic mass is 10.0. The van der Waals surface area contributed by atoms with E-state index in [2.05, 4.69) is 0 Å². The van der Waals surface area contributed by atoms with Gasteiger partial charge >= 0.3 is 6.18 Å². The number of carbonyl (C=O) groups is 2. The summed E-state index contributed by atoms with van der Waals surface area (Å²) in [6, 6.07) is 4.93. The average Bonchev–Trinajstić information content (AvgIpc) is 2.97. The first-order chi connectivity index (χ1) is 12.4. The maximum Gasteiger partial charge on any atom is 0.426 e. The minimum Gasteiger partial charge on any atom is -0.373 e. The lowest BCUT2D eigenvalue weighted by Crippen LogP contribution is -2.52. The first-order valence-corrected chi connectivity index (χ1v) is 9.97. The third-order valence-electron chi connectivity index (χ3n) is 4.13. The second kappa shape index (κ2) is 6.14. The fourth-order valence-electron chi connectivity index (χ4n) is 2.55. The number of thiophene rings is 1. The minimum atomic E-state index is -5.26. The van der Waals surface area contributed by atoms with Crippen LogP contribution in [0.2, 0.25) is 0 Å². The Hall–Kier alpha value is -2.24. The van der Waals surface area contributed by atoms with Crippen LogP contribution in [0.15, 0.2) is 34.5 Å². The largest absolute Gasteiger partial charge is 0.426 e. The predicted octanol–water partition coefficient (Wildman–Crippen LogP) is 2.52. The van der Waals surface area contributed by atoms with Crippen LogP contribution in [0.3, 0.4) is 0 Å². The number of halogens is 3. The van der Waals surface area contributed by atoms with Crippen molar-refractivity contribution in [2.45, 2.75) is 29.3 Å². The molecule has 3 rings (SSSR count). The molecule has 1 aromatic carbocycles. The molecule has 0 aliphatic carbocycles. The molecule has 11 heteroatoms. The van der Waals surface area contributed by atoms with Crippen molar-refractivity contribution in [3.8, 4) is 0 Å². The van der Waals surface area contributed by atoms with E-state index in [0.29, 0.717) is 0 Å². The van der Waals surface area contributed by atoms with Crippen LogP contribution in [-0.4, -0.2) is 37.0 Å². The SMILES string of the molecule is CC(O)(C(=O)Nc1cccc2c1C(=O)c1sccc1CS2(=O)=O)C(F)(F)F. The number of alkyl halides is 3. The van der Waals surface area contributed by atoms with Gasteiger partial charge in [-0.1, -0.05) is 6.07 Å². The van der Waals surface area contributed by atoms with Gasteiger partial charge in [0.1, 0.15) is 0 Å². The molecule has 27 heavy (non-hydrogen) atoms. The van der Waals surface area contributed by atoms with Crippen molar-refractivity contribution in [3.63, 3.8) is 0 Å². The van der Waals surface area contributed by atoms with Crippen molar-refractivity contribution >= 4 is 38.6 Å². The molecule has 1 atom stereocenters. The highest BCUT2D eigenvalue weighted by molar-refractivity contribution is 7.90. The number of aliphatic hydroxyl groups is 1. The maximum absolute atomic E-state index is 12.9. The Balaban J connectivity index is 2.15. The quantitative estimate of drug-likeness (QED) is 0.779. The predicted molar refractivity (Wildman–Crippen MR) is 90.4 cm³/mol. The smallest absolute Gasteiger partial charge is 0.373 e. The van der Waals surface area contributed by atoms with Crippen LogP contribution in [0.25, 0.3) is 0 Å². The van der Waals surface area contributed by atoms with Crippen LogP contribution in [0.1, 0.15) is 27.7 Å². The zero-order valence-corrected chi connectivity index (χ0v) is 15.3. The highest BCUT2D eigenvalue weighted by atomic mass is 32.2. The molecular formula is C16H12F3NO5S2. The number of ketones is 1. The highest BCUT2D eigenvalue weighted by Gasteiger charge is 2.56. The Morgan fingerprint density at radius 2 is 1.93 bits per heavy atom. The fourth-order valence-corrected chi connectivity index (χ4v) is 5.11. The molecule has 0 bridgehead atoms. The van der Waals surface area contributed by atoms with Crippen molar-refractivity contribution < 1.29 is 36.3 Å². The lowest BCUT2D eigenvalue weighted by Gasteiger charge is -2.25. The number of hydrogen-bond donors (Lipinski definition) is 2. The number of sulfone groups is 1. The number of benzene rings is 1. The van der Waals surface area contributed by atoms with Crippen LogP contribution in [0, 0.1) is 0 Å². The number of rotatable bonds is 2. The third-order valence-corrected chi connectivity index (χ3v) is 6.79. The molecule has 2 heterocycles. The minimum absolute atomic E-state index is 0.126. The molecule has 0 radical (unpaired) electrons. The number of carbonyl (C=O) groups excluding carboxylic acids is 2. The van der Waals surface area contributed by atoms with E-state index in [1.807, 2.05) is 5.32 Å². The summed E-state index contributed by atoms with van der Waals surface area (Å²) in [5.41, 5.74) is -4.29. The van der Waals surface area contributed by atoms with Crippen LogP contribution in [0.4, 0.5) is 18.9 Å². The second-order valence-electron chi connectivity index (χ2n) is 6.07. The maximum atomic E-state index is 12.9. The highest BCUT2D eigenvalue weighted by Crippen LogP contribution is 2.37. The zero-order valence-electron chi connectivity index (χ0n) is 13.6. The summed E-state index contributed by atoms with van der Waals surface area (Å²) < 4.78 is 63.8. The summed E-state index contributed by atoms with van der Waals surface area (Å²) in [7, 11) is -3.97. The van der Waals surface area contributed by atoms with E-state index >= 15 is 0 Å². The molecule has 0 saturated carbocycles. The first kappa shape index (κ1) is 19.5. The van der Waals surface area contributed by atoms with E-state index in [4.69, 9.17) is 0 Å². The van der Waals surface area contributed by atoms with Crippen LogP contribution >= 0.6 is 11.3 Å². The second-order valence-corrected chi connectivity index (χ2v) is 8.94. The summed E-state index contributed by atoms with van der Waals surface area (Å²) in [5, 5.41) is 12.9. The summed E-state index contributed by atoms with van der Waals surface area (Å²) in [6.07, 6.45) is -5.26. The summed E-state index contributed by atoms with van der Waals surface area (Å²) in [5.74, 6) is -3.00. The van der Waals surface area contributed by atoms with Crippen LogP contribution in [0.5, 0.6) is 0 Å². The van der Waals surface area contributed by atoms with Crippen molar-refractivity contribution in [1.29, 1.82) is 0 Å². The average molecular weight is 419 g/mol. The van der Waals surface area contributed by atoms with Gasteiger partial charge in [-0.15, -0.1) is 11.3 Å². The van der Waals surface area contributed by atoms with Gasteiger partial charge in [-0.2, -0.15) is 13.2 Å². The van der Waals surface area contributed by atoms with Gasteiger partial charge in [0.05, 0.1) is 26.8 Å². The van der Waals surface area contributed by atoms with Gasteiger partial charge in [0.25, 0.3) is 5.91 Å².